The lowest BCUT2D eigenvalue weighted by molar-refractivity contribution is 0.0254. The Morgan fingerprint density at radius 2 is 1.83 bits per heavy atom. The van der Waals surface area contributed by atoms with Gasteiger partial charge in [-0.3, -0.25) is 9.78 Å². The summed E-state index contributed by atoms with van der Waals surface area (Å²) in [7, 11) is 1.59. The number of methoxy groups -OCH3 is 1. The van der Waals surface area contributed by atoms with Gasteiger partial charge in [-0.05, 0) is 66.6 Å². The van der Waals surface area contributed by atoms with Crippen molar-refractivity contribution in [2.45, 2.75) is 44.2 Å². The number of benzene rings is 2. The molecule has 8 nitrogen and oxygen atoms in total. The predicted molar refractivity (Wildman–Crippen MR) is 153 cm³/mol. The molecule has 2 unspecified atom stereocenters. The van der Waals surface area contributed by atoms with E-state index in [1.807, 2.05) is 42.5 Å². The molecule has 2 aromatic carbocycles. The third kappa shape index (κ3) is 4.81. The standard InChI is InChI=1S/C33H31N3O5/c1-38-29-16-20(33(37)36-31-24-3-2-4-25(24)31)5-7-26(29)30-17-27-32(41-30)23(9-12-35-27)19-6-8-28(21(15-19)18-34)40-22-10-13-39-14-11-22/h5-9,12,15-17,22,24-25,31H,2-4,10-11,13-14H2,1H3,(H,36,37). The molecule has 8 heteroatoms. The largest absolute Gasteiger partial charge is 0.496 e. The van der Waals surface area contributed by atoms with Crippen LogP contribution in [0.15, 0.2) is 59.1 Å². The number of fused-ring (bicyclic) bond motifs is 2. The van der Waals surface area contributed by atoms with Crippen molar-refractivity contribution >= 4 is 17.0 Å². The van der Waals surface area contributed by atoms with Crippen LogP contribution < -0.4 is 14.8 Å². The summed E-state index contributed by atoms with van der Waals surface area (Å²) >= 11 is 0. The van der Waals surface area contributed by atoms with Crippen LogP contribution in [0.5, 0.6) is 11.5 Å². The molecule has 1 N–H and O–H groups in total. The highest BCUT2D eigenvalue weighted by molar-refractivity contribution is 5.97. The zero-order valence-electron chi connectivity index (χ0n) is 22.9. The van der Waals surface area contributed by atoms with Gasteiger partial charge < -0.3 is 23.9 Å². The highest BCUT2D eigenvalue weighted by Crippen LogP contribution is 2.52. The number of pyridine rings is 1. The Morgan fingerprint density at radius 1 is 1.00 bits per heavy atom. The van der Waals surface area contributed by atoms with Crippen molar-refractivity contribution in [1.29, 1.82) is 5.26 Å². The van der Waals surface area contributed by atoms with E-state index in [2.05, 4.69) is 16.4 Å². The van der Waals surface area contributed by atoms with Crippen LogP contribution in [0.3, 0.4) is 0 Å². The molecular weight excluding hydrogens is 518 g/mol. The number of rotatable bonds is 7. The Bertz CT molecular complexity index is 1660. The first kappa shape index (κ1) is 25.6. The van der Waals surface area contributed by atoms with Crippen LogP contribution in [-0.4, -0.2) is 43.4 Å². The molecule has 2 atom stereocenters. The smallest absolute Gasteiger partial charge is 0.251 e. The lowest BCUT2D eigenvalue weighted by Crippen LogP contribution is -2.28. The summed E-state index contributed by atoms with van der Waals surface area (Å²) in [6.45, 7) is 1.34. The number of carbonyl (C=O) groups is 1. The van der Waals surface area contributed by atoms with Gasteiger partial charge in [0.15, 0.2) is 5.58 Å². The van der Waals surface area contributed by atoms with Gasteiger partial charge >= 0.3 is 0 Å². The molecule has 7 rings (SSSR count). The second-order valence-corrected chi connectivity index (χ2v) is 11.1. The Labute approximate surface area is 238 Å². The number of carbonyl (C=O) groups excluding carboxylic acids is 1. The van der Waals surface area contributed by atoms with E-state index in [0.717, 1.165) is 29.5 Å². The van der Waals surface area contributed by atoms with Crippen LogP contribution >= 0.6 is 0 Å². The van der Waals surface area contributed by atoms with Gasteiger partial charge in [0.05, 0.1) is 31.5 Å². The quantitative estimate of drug-likeness (QED) is 0.296. The average Bonchev–Trinajstić information content (AvgIpc) is 3.35. The molecule has 3 fully saturated rings. The highest BCUT2D eigenvalue weighted by atomic mass is 16.5. The molecule has 4 aromatic rings. The summed E-state index contributed by atoms with van der Waals surface area (Å²) in [5, 5.41) is 13.1. The molecule has 0 radical (unpaired) electrons. The number of hydrogen-bond donors (Lipinski definition) is 1. The molecule has 0 bridgehead atoms. The molecular formula is C33H31N3O5. The van der Waals surface area contributed by atoms with Gasteiger partial charge in [0.2, 0.25) is 0 Å². The summed E-state index contributed by atoms with van der Waals surface area (Å²) in [6.07, 6.45) is 7.09. The maximum absolute atomic E-state index is 12.9. The first-order valence-electron chi connectivity index (χ1n) is 14.3. The van der Waals surface area contributed by atoms with Gasteiger partial charge in [-0.1, -0.05) is 12.5 Å². The van der Waals surface area contributed by atoms with E-state index >= 15 is 0 Å². The fourth-order valence-electron chi connectivity index (χ4n) is 6.47. The van der Waals surface area contributed by atoms with Crippen molar-refractivity contribution in [3.63, 3.8) is 0 Å². The van der Waals surface area contributed by atoms with E-state index in [4.69, 9.17) is 18.6 Å². The van der Waals surface area contributed by atoms with E-state index in [1.54, 1.807) is 19.4 Å². The second-order valence-electron chi connectivity index (χ2n) is 11.1. The lowest BCUT2D eigenvalue weighted by atomic mass is 10.0. The minimum absolute atomic E-state index is 0.0442. The fourth-order valence-corrected chi connectivity index (χ4v) is 6.47. The van der Waals surface area contributed by atoms with E-state index in [-0.39, 0.29) is 12.0 Å². The van der Waals surface area contributed by atoms with Gasteiger partial charge in [-0.25, -0.2) is 0 Å². The molecule has 0 spiro atoms. The van der Waals surface area contributed by atoms with Crippen LogP contribution in [0.1, 0.15) is 48.0 Å². The van der Waals surface area contributed by atoms with Crippen LogP contribution in [-0.2, 0) is 4.74 Å². The Morgan fingerprint density at radius 3 is 2.61 bits per heavy atom. The minimum atomic E-state index is -0.0691. The molecule has 2 aliphatic carbocycles. The summed E-state index contributed by atoms with van der Waals surface area (Å²) in [5.74, 6) is 2.94. The highest BCUT2D eigenvalue weighted by Gasteiger charge is 2.53. The summed E-state index contributed by atoms with van der Waals surface area (Å²) < 4.78 is 23.6. The SMILES string of the molecule is COc1cc(C(=O)NC2C3CCCC32)ccc1-c1cc2nccc(-c3ccc(OC4CCOCC4)c(C#N)c3)c2o1. The molecule has 1 aliphatic heterocycles. The number of hydrogen-bond acceptors (Lipinski definition) is 7. The number of furan rings is 1. The topological polar surface area (TPSA) is 107 Å². The maximum atomic E-state index is 12.9. The van der Waals surface area contributed by atoms with Crippen molar-refractivity contribution in [3.8, 4) is 40.0 Å². The zero-order valence-corrected chi connectivity index (χ0v) is 22.9. The molecule has 208 valence electrons. The maximum Gasteiger partial charge on any atom is 0.251 e. The normalized spacial score (nSPS) is 21.7. The Balaban J connectivity index is 1.16. The van der Waals surface area contributed by atoms with Crippen LogP contribution in [0, 0.1) is 23.2 Å². The number of nitriles is 1. The van der Waals surface area contributed by atoms with Gasteiger partial charge in [0.25, 0.3) is 5.91 Å². The zero-order chi connectivity index (χ0) is 27.9. The summed E-state index contributed by atoms with van der Waals surface area (Å²) in [4.78, 5) is 17.5. The van der Waals surface area contributed by atoms with Gasteiger partial charge in [-0.2, -0.15) is 5.26 Å². The van der Waals surface area contributed by atoms with E-state index in [0.29, 0.717) is 70.6 Å². The predicted octanol–water partition coefficient (Wildman–Crippen LogP) is 6.13. The van der Waals surface area contributed by atoms with Crippen molar-refractivity contribution in [2.24, 2.45) is 11.8 Å². The van der Waals surface area contributed by atoms with E-state index < -0.39 is 0 Å². The first-order valence-corrected chi connectivity index (χ1v) is 14.3. The summed E-state index contributed by atoms with van der Waals surface area (Å²) in [5.41, 5.74) is 4.71. The van der Waals surface area contributed by atoms with E-state index in [9.17, 15) is 10.1 Å². The molecule has 2 saturated carbocycles. The Hall–Kier alpha value is -4.35. The van der Waals surface area contributed by atoms with Gasteiger partial charge in [0, 0.05) is 42.3 Å². The van der Waals surface area contributed by atoms with Crippen molar-refractivity contribution < 1.29 is 23.4 Å². The second kappa shape index (κ2) is 10.6. The number of nitrogens with zero attached hydrogens (tertiary/aromatic N) is 2. The molecule has 41 heavy (non-hydrogen) atoms. The van der Waals surface area contributed by atoms with Crippen molar-refractivity contribution in [1.82, 2.24) is 10.3 Å². The van der Waals surface area contributed by atoms with Gasteiger partial charge in [-0.15, -0.1) is 0 Å². The molecule has 3 heterocycles. The minimum Gasteiger partial charge on any atom is -0.496 e. The third-order valence-electron chi connectivity index (χ3n) is 8.72. The first-order chi connectivity index (χ1) is 20.1. The third-order valence-corrected chi connectivity index (χ3v) is 8.72. The number of amides is 1. The molecule has 1 saturated heterocycles. The van der Waals surface area contributed by atoms with Crippen molar-refractivity contribution in [3.05, 3.63) is 65.9 Å². The van der Waals surface area contributed by atoms with Crippen LogP contribution in [0.25, 0.3) is 33.6 Å². The number of ether oxygens (including phenoxy) is 3. The van der Waals surface area contributed by atoms with Crippen LogP contribution in [0.4, 0.5) is 0 Å². The molecule has 2 aromatic heterocycles. The lowest BCUT2D eigenvalue weighted by Gasteiger charge is -2.23. The molecule has 1 amide bonds. The van der Waals surface area contributed by atoms with E-state index in [1.165, 1.54) is 19.3 Å². The Kier molecular flexibility index (Phi) is 6.60. The monoisotopic (exact) mass is 549 g/mol. The average molecular weight is 550 g/mol. The van der Waals surface area contributed by atoms with Gasteiger partial charge in [0.1, 0.15) is 34.9 Å². The van der Waals surface area contributed by atoms with Crippen molar-refractivity contribution in [2.75, 3.05) is 20.3 Å². The number of nitrogens with one attached hydrogen (secondary N) is 1. The summed E-state index contributed by atoms with van der Waals surface area (Å²) in [6, 6.07) is 17.4. The van der Waals surface area contributed by atoms with Crippen LogP contribution in [0.2, 0.25) is 0 Å². The molecule has 3 aliphatic rings. The fraction of sp³-hybridized carbons (Fsp3) is 0.364. The number of aromatic nitrogens is 1.